The second-order valence-corrected chi connectivity index (χ2v) is 6.87. The second kappa shape index (κ2) is 8.28. The Kier molecular flexibility index (Phi) is 5.38. The Bertz CT molecular complexity index is 1190. The lowest BCUT2D eigenvalue weighted by Gasteiger charge is -2.10. The van der Waals surface area contributed by atoms with E-state index in [1.165, 1.54) is 12.1 Å². The molecule has 0 radical (unpaired) electrons. The number of ether oxygens (including phenoxy) is 1. The first kappa shape index (κ1) is 19.5. The minimum absolute atomic E-state index is 0.139. The van der Waals surface area contributed by atoms with Gasteiger partial charge in [0, 0.05) is 11.6 Å². The van der Waals surface area contributed by atoms with E-state index in [2.05, 4.69) is 20.4 Å². The normalized spacial score (nSPS) is 12.0. The third-order valence-electron chi connectivity index (χ3n) is 4.65. The predicted octanol–water partition coefficient (Wildman–Crippen LogP) is 3.36. The number of aromatic nitrogens is 4. The van der Waals surface area contributed by atoms with Crippen LogP contribution in [0.5, 0.6) is 5.75 Å². The summed E-state index contributed by atoms with van der Waals surface area (Å²) in [4.78, 5) is 21.3. The maximum absolute atomic E-state index is 13.1. The van der Waals surface area contributed by atoms with Crippen LogP contribution in [0.2, 0.25) is 0 Å². The van der Waals surface area contributed by atoms with Crippen LogP contribution in [-0.2, 0) is 11.2 Å². The van der Waals surface area contributed by atoms with Crippen LogP contribution >= 0.6 is 0 Å². The Morgan fingerprint density at radius 1 is 1.20 bits per heavy atom. The maximum Gasteiger partial charge on any atom is 0.225 e. The van der Waals surface area contributed by atoms with Crippen molar-refractivity contribution in [2.75, 3.05) is 7.11 Å². The fraction of sp³-hybridized carbons (Fsp3) is 0.182. The molecule has 8 heteroatoms. The zero-order chi connectivity index (χ0) is 21.1. The number of benzene rings is 2. The van der Waals surface area contributed by atoms with Crippen LogP contribution in [0.3, 0.4) is 0 Å². The molecule has 0 spiro atoms. The third kappa shape index (κ3) is 4.27. The lowest BCUT2D eigenvalue weighted by atomic mass is 10.1. The highest BCUT2D eigenvalue weighted by molar-refractivity contribution is 5.79. The Hall–Kier alpha value is -3.81. The summed E-state index contributed by atoms with van der Waals surface area (Å²) in [6.45, 7) is 1.83. The van der Waals surface area contributed by atoms with Crippen LogP contribution in [-0.4, -0.2) is 32.6 Å². The van der Waals surface area contributed by atoms with E-state index in [1.54, 1.807) is 36.2 Å². The third-order valence-corrected chi connectivity index (χ3v) is 4.65. The van der Waals surface area contributed by atoms with Gasteiger partial charge >= 0.3 is 0 Å². The summed E-state index contributed by atoms with van der Waals surface area (Å²) < 4.78 is 19.9. The van der Waals surface area contributed by atoms with Gasteiger partial charge in [-0.2, -0.15) is 0 Å². The fourth-order valence-electron chi connectivity index (χ4n) is 3.10. The molecule has 0 aliphatic carbocycles. The molecule has 0 aliphatic heterocycles. The van der Waals surface area contributed by atoms with Crippen LogP contribution in [0, 0.1) is 5.82 Å². The van der Waals surface area contributed by atoms with Crippen molar-refractivity contribution in [2.45, 2.75) is 19.4 Å². The molecule has 2 aromatic carbocycles. The minimum atomic E-state index is -0.378. The first-order valence-corrected chi connectivity index (χ1v) is 9.42. The van der Waals surface area contributed by atoms with Crippen molar-refractivity contribution in [3.8, 4) is 17.0 Å². The summed E-state index contributed by atoms with van der Waals surface area (Å²) in [5.74, 6) is 0.745. The first-order valence-electron chi connectivity index (χ1n) is 9.42. The quantitative estimate of drug-likeness (QED) is 0.532. The van der Waals surface area contributed by atoms with Crippen LogP contribution in [0.15, 0.2) is 60.9 Å². The summed E-state index contributed by atoms with van der Waals surface area (Å²) >= 11 is 0. The average Bonchev–Trinajstić information content (AvgIpc) is 3.18. The Morgan fingerprint density at radius 2 is 2.00 bits per heavy atom. The number of methoxy groups -OCH3 is 1. The van der Waals surface area contributed by atoms with E-state index in [1.807, 2.05) is 31.2 Å². The molecule has 1 N–H and O–H groups in total. The fourth-order valence-corrected chi connectivity index (χ4v) is 3.10. The van der Waals surface area contributed by atoms with Crippen molar-refractivity contribution in [1.82, 2.24) is 24.9 Å². The van der Waals surface area contributed by atoms with Gasteiger partial charge in [-0.1, -0.05) is 12.1 Å². The average molecular weight is 405 g/mol. The van der Waals surface area contributed by atoms with Crippen LogP contribution in [0.1, 0.15) is 24.4 Å². The first-order chi connectivity index (χ1) is 14.5. The largest absolute Gasteiger partial charge is 0.497 e. The molecule has 0 bridgehead atoms. The SMILES string of the molecule is COc1cccc(CC(=O)N[C@@H](C)c2nc3cc(-c4ccc(F)cc4)ncn3n2)c1. The summed E-state index contributed by atoms with van der Waals surface area (Å²) in [6.07, 6.45) is 1.78. The highest BCUT2D eigenvalue weighted by atomic mass is 19.1. The van der Waals surface area contributed by atoms with Gasteiger partial charge in [0.25, 0.3) is 0 Å². The van der Waals surface area contributed by atoms with E-state index in [4.69, 9.17) is 4.74 Å². The van der Waals surface area contributed by atoms with Gasteiger partial charge in [-0.15, -0.1) is 5.10 Å². The van der Waals surface area contributed by atoms with Gasteiger partial charge in [-0.25, -0.2) is 18.9 Å². The maximum atomic E-state index is 13.1. The van der Waals surface area contributed by atoms with Gasteiger partial charge in [0.1, 0.15) is 17.9 Å². The molecule has 0 saturated heterocycles. The molecule has 0 fully saturated rings. The smallest absolute Gasteiger partial charge is 0.225 e. The molecule has 0 unspecified atom stereocenters. The number of rotatable bonds is 6. The number of fused-ring (bicyclic) bond motifs is 1. The van der Waals surface area contributed by atoms with Gasteiger partial charge in [0.15, 0.2) is 11.5 Å². The molecule has 0 saturated carbocycles. The zero-order valence-electron chi connectivity index (χ0n) is 16.5. The summed E-state index contributed by atoms with van der Waals surface area (Å²) in [7, 11) is 1.59. The van der Waals surface area contributed by atoms with E-state index >= 15 is 0 Å². The van der Waals surface area contributed by atoms with Crippen molar-refractivity contribution in [1.29, 1.82) is 0 Å². The molecule has 1 atom stereocenters. The van der Waals surface area contributed by atoms with Gasteiger partial charge in [-0.3, -0.25) is 4.79 Å². The van der Waals surface area contributed by atoms with E-state index < -0.39 is 0 Å². The lowest BCUT2D eigenvalue weighted by molar-refractivity contribution is -0.121. The molecule has 30 heavy (non-hydrogen) atoms. The predicted molar refractivity (Wildman–Crippen MR) is 109 cm³/mol. The summed E-state index contributed by atoms with van der Waals surface area (Å²) in [6, 6.07) is 14.9. The molecule has 7 nitrogen and oxygen atoms in total. The number of amides is 1. The number of carbonyl (C=O) groups excluding carboxylic acids is 1. The number of nitrogens with one attached hydrogen (secondary N) is 1. The molecule has 4 aromatic rings. The van der Waals surface area contributed by atoms with Crippen LogP contribution in [0.4, 0.5) is 4.39 Å². The highest BCUT2D eigenvalue weighted by Crippen LogP contribution is 2.19. The topological polar surface area (TPSA) is 81.4 Å². The van der Waals surface area contributed by atoms with E-state index in [-0.39, 0.29) is 24.2 Å². The number of nitrogens with zero attached hydrogens (tertiary/aromatic N) is 4. The van der Waals surface area contributed by atoms with Crippen LogP contribution in [0.25, 0.3) is 16.9 Å². The Balaban J connectivity index is 1.48. The van der Waals surface area contributed by atoms with Crippen molar-refractivity contribution in [3.05, 3.63) is 78.1 Å². The number of hydrogen-bond acceptors (Lipinski definition) is 5. The molecule has 2 heterocycles. The Labute approximate surface area is 172 Å². The van der Waals surface area contributed by atoms with Gasteiger partial charge in [0.2, 0.25) is 5.91 Å². The van der Waals surface area contributed by atoms with E-state index in [0.717, 1.165) is 11.1 Å². The zero-order valence-corrected chi connectivity index (χ0v) is 16.5. The van der Waals surface area contributed by atoms with Crippen molar-refractivity contribution in [3.63, 3.8) is 0 Å². The Morgan fingerprint density at radius 3 is 2.77 bits per heavy atom. The minimum Gasteiger partial charge on any atom is -0.497 e. The van der Waals surface area contributed by atoms with Crippen molar-refractivity contribution in [2.24, 2.45) is 0 Å². The summed E-state index contributed by atoms with van der Waals surface area (Å²) in [5.41, 5.74) is 2.89. The van der Waals surface area contributed by atoms with E-state index in [0.29, 0.717) is 22.9 Å². The lowest BCUT2D eigenvalue weighted by Crippen LogP contribution is -2.28. The van der Waals surface area contributed by atoms with Crippen molar-refractivity contribution >= 4 is 11.6 Å². The molecule has 0 aliphatic rings. The van der Waals surface area contributed by atoms with Crippen molar-refractivity contribution < 1.29 is 13.9 Å². The second-order valence-electron chi connectivity index (χ2n) is 6.87. The number of halogens is 1. The van der Waals surface area contributed by atoms with Gasteiger partial charge in [-0.05, 0) is 48.9 Å². The summed E-state index contributed by atoms with van der Waals surface area (Å²) in [5, 5.41) is 7.31. The monoisotopic (exact) mass is 405 g/mol. The van der Waals surface area contributed by atoms with Gasteiger partial charge in [0.05, 0.1) is 25.3 Å². The molecular formula is C22H20FN5O2. The molecule has 1 amide bonds. The molecule has 4 rings (SSSR count). The van der Waals surface area contributed by atoms with Gasteiger partial charge < -0.3 is 10.1 Å². The standard InChI is InChI=1S/C22H20FN5O2/c1-14(25-21(29)11-15-4-3-5-18(10-15)30-2)22-26-20-12-19(24-13-28(20)27-22)16-6-8-17(23)9-7-16/h3-10,12-14H,11H2,1-2H3,(H,25,29)/t14-/m0/s1. The number of carbonyl (C=O) groups is 1. The number of hydrogen-bond donors (Lipinski definition) is 1. The highest BCUT2D eigenvalue weighted by Gasteiger charge is 2.16. The molecule has 152 valence electrons. The van der Waals surface area contributed by atoms with Crippen LogP contribution < -0.4 is 10.1 Å². The van der Waals surface area contributed by atoms with E-state index in [9.17, 15) is 9.18 Å². The molecule has 2 aromatic heterocycles. The molecular weight excluding hydrogens is 385 g/mol.